The van der Waals surface area contributed by atoms with Crippen molar-refractivity contribution in [3.8, 4) is 11.1 Å². The molecule has 0 bridgehead atoms. The van der Waals surface area contributed by atoms with Crippen molar-refractivity contribution in [1.82, 2.24) is 4.90 Å². The van der Waals surface area contributed by atoms with E-state index in [2.05, 4.69) is 17.0 Å². The van der Waals surface area contributed by atoms with Crippen LogP contribution < -0.4 is 0 Å². The van der Waals surface area contributed by atoms with Gasteiger partial charge in [-0.05, 0) is 47.4 Å². The highest BCUT2D eigenvalue weighted by molar-refractivity contribution is 5.90. The van der Waals surface area contributed by atoms with Crippen molar-refractivity contribution in [3.63, 3.8) is 0 Å². The highest BCUT2D eigenvalue weighted by Gasteiger charge is 2.12. The molecule has 2 aromatic rings. The molecule has 0 atom stereocenters. The third kappa shape index (κ3) is 3.78. The van der Waals surface area contributed by atoms with E-state index in [0.29, 0.717) is 5.56 Å². The maximum atomic E-state index is 11.2. The van der Waals surface area contributed by atoms with Crippen molar-refractivity contribution in [3.05, 3.63) is 59.2 Å². The fourth-order valence-corrected chi connectivity index (χ4v) is 2.92. The Balaban J connectivity index is 1.87. The summed E-state index contributed by atoms with van der Waals surface area (Å²) in [6, 6.07) is 13.6. The molecule has 0 aromatic heterocycles. The fourth-order valence-electron chi connectivity index (χ4n) is 2.92. The minimum atomic E-state index is -0.893. The molecule has 0 amide bonds. The predicted molar refractivity (Wildman–Crippen MR) is 89.7 cm³/mol. The monoisotopic (exact) mass is 311 g/mol. The molecule has 1 aliphatic rings. The molecule has 4 heteroatoms. The van der Waals surface area contributed by atoms with E-state index in [0.717, 1.165) is 49.5 Å². The van der Waals surface area contributed by atoms with E-state index in [1.807, 2.05) is 25.1 Å². The normalized spacial score (nSPS) is 15.5. The first-order valence-electron chi connectivity index (χ1n) is 7.87. The lowest BCUT2D eigenvalue weighted by Gasteiger charge is -2.26. The average molecular weight is 311 g/mol. The Morgan fingerprint density at radius 1 is 1.17 bits per heavy atom. The highest BCUT2D eigenvalue weighted by Crippen LogP contribution is 2.26. The molecular formula is C19H21NO3. The van der Waals surface area contributed by atoms with Gasteiger partial charge in [0.2, 0.25) is 0 Å². The summed E-state index contributed by atoms with van der Waals surface area (Å²) < 4.78 is 5.38. The Kier molecular flexibility index (Phi) is 4.74. The lowest BCUT2D eigenvalue weighted by atomic mass is 9.96. The van der Waals surface area contributed by atoms with Crippen molar-refractivity contribution in [1.29, 1.82) is 0 Å². The van der Waals surface area contributed by atoms with E-state index < -0.39 is 5.97 Å². The van der Waals surface area contributed by atoms with E-state index in [1.165, 1.54) is 5.56 Å². The molecule has 1 saturated heterocycles. The standard InChI is InChI=1S/C19H21NO3/c1-14-5-6-17(19(21)22)12-18(14)16-4-2-3-15(11-16)13-20-7-9-23-10-8-20/h2-6,11-12H,7-10,13H2,1H3,(H,21,22). The van der Waals surface area contributed by atoms with Gasteiger partial charge < -0.3 is 9.84 Å². The minimum Gasteiger partial charge on any atom is -0.478 e. The molecule has 0 radical (unpaired) electrons. The average Bonchev–Trinajstić information content (AvgIpc) is 2.56. The molecule has 0 spiro atoms. The van der Waals surface area contributed by atoms with Crippen molar-refractivity contribution in [2.75, 3.05) is 26.3 Å². The van der Waals surface area contributed by atoms with Gasteiger partial charge >= 0.3 is 5.97 Å². The van der Waals surface area contributed by atoms with Crippen molar-refractivity contribution >= 4 is 5.97 Å². The maximum absolute atomic E-state index is 11.2. The number of rotatable bonds is 4. The van der Waals surface area contributed by atoms with Crippen LogP contribution >= 0.6 is 0 Å². The summed E-state index contributed by atoms with van der Waals surface area (Å²) in [4.78, 5) is 13.6. The van der Waals surface area contributed by atoms with Gasteiger partial charge in [-0.1, -0.05) is 24.3 Å². The summed E-state index contributed by atoms with van der Waals surface area (Å²) in [6.07, 6.45) is 0. The fraction of sp³-hybridized carbons (Fsp3) is 0.316. The first-order chi connectivity index (χ1) is 11.1. The molecule has 0 aliphatic carbocycles. The second kappa shape index (κ2) is 6.94. The number of benzene rings is 2. The number of morpholine rings is 1. The van der Waals surface area contributed by atoms with Gasteiger partial charge in [0.15, 0.2) is 0 Å². The van der Waals surface area contributed by atoms with Crippen LogP contribution in [0.25, 0.3) is 11.1 Å². The van der Waals surface area contributed by atoms with Gasteiger partial charge in [0, 0.05) is 19.6 Å². The summed E-state index contributed by atoms with van der Waals surface area (Å²) in [5.74, 6) is -0.893. The van der Waals surface area contributed by atoms with Crippen LogP contribution in [0.5, 0.6) is 0 Å². The number of aromatic carboxylic acids is 1. The number of hydrogen-bond donors (Lipinski definition) is 1. The molecule has 1 heterocycles. The van der Waals surface area contributed by atoms with E-state index in [1.54, 1.807) is 12.1 Å². The van der Waals surface area contributed by atoms with E-state index in [9.17, 15) is 9.90 Å². The Morgan fingerprint density at radius 3 is 2.70 bits per heavy atom. The number of carboxylic acid groups (broad SMARTS) is 1. The topological polar surface area (TPSA) is 49.8 Å². The summed E-state index contributed by atoms with van der Waals surface area (Å²) in [7, 11) is 0. The summed E-state index contributed by atoms with van der Waals surface area (Å²) in [5, 5.41) is 9.20. The number of ether oxygens (including phenoxy) is 1. The molecule has 23 heavy (non-hydrogen) atoms. The summed E-state index contributed by atoms with van der Waals surface area (Å²) in [5.41, 5.74) is 4.69. The number of carboxylic acids is 1. The molecule has 0 saturated carbocycles. The van der Waals surface area contributed by atoms with Crippen molar-refractivity contribution < 1.29 is 14.6 Å². The third-order valence-corrected chi connectivity index (χ3v) is 4.23. The Morgan fingerprint density at radius 2 is 1.96 bits per heavy atom. The van der Waals surface area contributed by atoms with E-state index >= 15 is 0 Å². The smallest absolute Gasteiger partial charge is 0.335 e. The molecule has 2 aromatic carbocycles. The van der Waals surface area contributed by atoms with Crippen LogP contribution in [-0.2, 0) is 11.3 Å². The van der Waals surface area contributed by atoms with Crippen LogP contribution in [0.1, 0.15) is 21.5 Å². The lowest BCUT2D eigenvalue weighted by Crippen LogP contribution is -2.35. The zero-order valence-electron chi connectivity index (χ0n) is 13.3. The quantitative estimate of drug-likeness (QED) is 0.942. The molecule has 0 unspecified atom stereocenters. The van der Waals surface area contributed by atoms with E-state index in [-0.39, 0.29) is 0 Å². The Labute approximate surface area is 136 Å². The largest absolute Gasteiger partial charge is 0.478 e. The Bertz CT molecular complexity index is 706. The lowest BCUT2D eigenvalue weighted by molar-refractivity contribution is 0.0342. The molecule has 4 nitrogen and oxygen atoms in total. The van der Waals surface area contributed by atoms with Gasteiger partial charge in [-0.15, -0.1) is 0 Å². The highest BCUT2D eigenvalue weighted by atomic mass is 16.5. The zero-order valence-corrected chi connectivity index (χ0v) is 13.3. The van der Waals surface area contributed by atoms with Gasteiger partial charge in [-0.2, -0.15) is 0 Å². The van der Waals surface area contributed by atoms with Gasteiger partial charge in [-0.25, -0.2) is 4.79 Å². The van der Waals surface area contributed by atoms with Gasteiger partial charge in [0.1, 0.15) is 0 Å². The second-order valence-electron chi connectivity index (χ2n) is 5.92. The van der Waals surface area contributed by atoms with E-state index in [4.69, 9.17) is 4.74 Å². The summed E-state index contributed by atoms with van der Waals surface area (Å²) >= 11 is 0. The van der Waals surface area contributed by atoms with Gasteiger partial charge in [0.05, 0.1) is 18.8 Å². The first kappa shape index (κ1) is 15.7. The summed E-state index contributed by atoms with van der Waals surface area (Å²) in [6.45, 7) is 6.40. The third-order valence-electron chi connectivity index (χ3n) is 4.23. The minimum absolute atomic E-state index is 0.323. The molecule has 1 N–H and O–H groups in total. The molecule has 1 aliphatic heterocycles. The predicted octanol–water partition coefficient (Wildman–Crippen LogP) is 3.19. The van der Waals surface area contributed by atoms with Crippen LogP contribution in [0.3, 0.4) is 0 Å². The first-order valence-corrected chi connectivity index (χ1v) is 7.87. The molecular weight excluding hydrogens is 290 g/mol. The van der Waals surface area contributed by atoms with Gasteiger partial charge in [0.25, 0.3) is 0 Å². The maximum Gasteiger partial charge on any atom is 0.335 e. The molecule has 120 valence electrons. The molecule has 3 rings (SSSR count). The SMILES string of the molecule is Cc1ccc(C(=O)O)cc1-c1cccc(CN2CCOCC2)c1. The van der Waals surface area contributed by atoms with Crippen LogP contribution in [0.4, 0.5) is 0 Å². The number of hydrogen-bond acceptors (Lipinski definition) is 3. The van der Waals surface area contributed by atoms with Gasteiger partial charge in [-0.3, -0.25) is 4.90 Å². The van der Waals surface area contributed by atoms with Crippen LogP contribution in [0.2, 0.25) is 0 Å². The van der Waals surface area contributed by atoms with Crippen LogP contribution in [0.15, 0.2) is 42.5 Å². The van der Waals surface area contributed by atoms with Crippen LogP contribution in [0, 0.1) is 6.92 Å². The van der Waals surface area contributed by atoms with Crippen molar-refractivity contribution in [2.24, 2.45) is 0 Å². The Hall–Kier alpha value is -2.17. The second-order valence-corrected chi connectivity index (χ2v) is 5.92. The number of aryl methyl sites for hydroxylation is 1. The number of carbonyl (C=O) groups is 1. The number of nitrogens with zero attached hydrogens (tertiary/aromatic N) is 1. The molecule has 1 fully saturated rings. The zero-order chi connectivity index (χ0) is 16.2. The van der Waals surface area contributed by atoms with Crippen molar-refractivity contribution in [2.45, 2.75) is 13.5 Å². The van der Waals surface area contributed by atoms with Crippen LogP contribution in [-0.4, -0.2) is 42.3 Å².